The highest BCUT2D eigenvalue weighted by molar-refractivity contribution is 7.92. The van der Waals surface area contributed by atoms with E-state index in [1.165, 1.54) is 0 Å². The number of thiazole rings is 1. The number of alkyl carbamates (subject to hydrolysis) is 1. The number of carbonyl (C=O) groups excluding carboxylic acids is 2. The van der Waals surface area contributed by atoms with Gasteiger partial charge in [-0.25, -0.2) is 14.6 Å². The molecule has 204 valence electrons. The molecule has 10 heteroatoms. The molecule has 1 aliphatic carbocycles. The Kier molecular flexibility index (Phi) is 9.88. The number of hydrogen-bond donors (Lipinski definition) is 2. The topological polar surface area (TPSA) is 113 Å². The number of benzene rings is 1. The normalized spacial score (nSPS) is 19.0. The minimum atomic E-state index is -1.27. The number of anilines is 1. The minimum Gasteiger partial charge on any atom is -0.611 e. The predicted molar refractivity (Wildman–Crippen MR) is 149 cm³/mol. The molecular weight excluding hydrogens is 510 g/mol. The van der Waals surface area contributed by atoms with Gasteiger partial charge in [-0.2, -0.15) is 0 Å². The monoisotopic (exact) mass is 549 g/mol. The zero-order chi connectivity index (χ0) is 27.3. The van der Waals surface area contributed by atoms with Gasteiger partial charge in [-0.1, -0.05) is 0 Å². The molecule has 1 aromatic carbocycles. The zero-order valence-corrected chi connectivity index (χ0v) is 24.4. The lowest BCUT2D eigenvalue weighted by molar-refractivity contribution is 0.0635. The standard InChI is InChI=1S/C27H39N3O5S2/c1-16(2)34-25(31)29-19-10-8-18(9-11-19)24-28-15-22(36-24)21-13-12-20(14-23(21)37(33)17(3)4)30-26(32)35-27(5,6)7/h12-19H,8-11H2,1-7H3,(H,29,31)(H,30,32). The first-order valence-corrected chi connectivity index (χ1v) is 14.8. The quantitative estimate of drug-likeness (QED) is 0.366. The molecule has 37 heavy (non-hydrogen) atoms. The van der Waals surface area contributed by atoms with E-state index in [0.717, 1.165) is 41.1 Å². The van der Waals surface area contributed by atoms with Crippen LogP contribution in [0.1, 0.15) is 85.1 Å². The second kappa shape index (κ2) is 12.5. The first-order chi connectivity index (χ1) is 17.3. The van der Waals surface area contributed by atoms with Crippen LogP contribution in [0.25, 0.3) is 10.4 Å². The fourth-order valence-electron chi connectivity index (χ4n) is 4.15. The van der Waals surface area contributed by atoms with Crippen molar-refractivity contribution >= 4 is 40.4 Å². The summed E-state index contributed by atoms with van der Waals surface area (Å²) < 4.78 is 23.8. The molecule has 8 nitrogen and oxygen atoms in total. The fraction of sp³-hybridized carbons (Fsp3) is 0.593. The Morgan fingerprint density at radius 3 is 2.38 bits per heavy atom. The number of rotatable bonds is 7. The van der Waals surface area contributed by atoms with Crippen molar-refractivity contribution in [3.63, 3.8) is 0 Å². The van der Waals surface area contributed by atoms with E-state index in [9.17, 15) is 14.1 Å². The predicted octanol–water partition coefficient (Wildman–Crippen LogP) is 6.83. The third-order valence-electron chi connectivity index (χ3n) is 5.80. The number of amides is 2. The molecule has 0 radical (unpaired) electrons. The van der Waals surface area contributed by atoms with Crippen LogP contribution < -0.4 is 10.6 Å². The molecule has 1 aliphatic rings. The van der Waals surface area contributed by atoms with Crippen molar-refractivity contribution in [2.24, 2.45) is 0 Å². The maximum Gasteiger partial charge on any atom is 0.412 e. The smallest absolute Gasteiger partial charge is 0.412 e. The first kappa shape index (κ1) is 29.3. The average Bonchev–Trinajstić information content (AvgIpc) is 3.27. The van der Waals surface area contributed by atoms with Crippen molar-refractivity contribution in [2.75, 3.05) is 5.32 Å². The molecule has 2 N–H and O–H groups in total. The van der Waals surface area contributed by atoms with Crippen LogP contribution in [0.3, 0.4) is 0 Å². The van der Waals surface area contributed by atoms with Crippen LogP contribution in [-0.2, 0) is 20.6 Å². The van der Waals surface area contributed by atoms with Crippen LogP contribution in [0, 0.1) is 0 Å². The highest BCUT2D eigenvalue weighted by Gasteiger charge is 2.28. The van der Waals surface area contributed by atoms with Gasteiger partial charge in [-0.05, 0) is 97.5 Å². The van der Waals surface area contributed by atoms with Gasteiger partial charge in [0.15, 0.2) is 4.90 Å². The van der Waals surface area contributed by atoms with Gasteiger partial charge in [0, 0.05) is 35.5 Å². The van der Waals surface area contributed by atoms with Crippen LogP contribution in [0.2, 0.25) is 0 Å². The molecule has 0 saturated heterocycles. The summed E-state index contributed by atoms with van der Waals surface area (Å²) in [7, 11) is 0. The van der Waals surface area contributed by atoms with Crippen molar-refractivity contribution < 1.29 is 23.6 Å². The van der Waals surface area contributed by atoms with E-state index < -0.39 is 22.9 Å². The van der Waals surface area contributed by atoms with Crippen molar-refractivity contribution in [3.8, 4) is 10.4 Å². The Labute approximate surface area is 227 Å². The van der Waals surface area contributed by atoms with Crippen LogP contribution in [0.4, 0.5) is 15.3 Å². The van der Waals surface area contributed by atoms with Crippen molar-refractivity contribution in [1.29, 1.82) is 0 Å². The summed E-state index contributed by atoms with van der Waals surface area (Å²) in [6, 6.07) is 5.57. The van der Waals surface area contributed by atoms with Crippen LogP contribution >= 0.6 is 11.3 Å². The van der Waals surface area contributed by atoms with Gasteiger partial charge in [-0.3, -0.25) is 5.32 Å². The van der Waals surface area contributed by atoms with E-state index in [4.69, 9.17) is 14.5 Å². The molecule has 1 aromatic heterocycles. The number of carbonyl (C=O) groups is 2. The molecule has 1 unspecified atom stereocenters. The lowest BCUT2D eigenvalue weighted by atomic mass is 9.86. The molecular formula is C27H39N3O5S2. The number of ether oxygens (including phenoxy) is 2. The Morgan fingerprint density at radius 1 is 1.11 bits per heavy atom. The van der Waals surface area contributed by atoms with E-state index in [2.05, 4.69) is 10.6 Å². The maximum atomic E-state index is 13.2. The minimum absolute atomic E-state index is 0.0897. The van der Waals surface area contributed by atoms with Crippen LogP contribution in [0.15, 0.2) is 29.3 Å². The summed E-state index contributed by atoms with van der Waals surface area (Å²) >= 11 is 0.350. The van der Waals surface area contributed by atoms with Gasteiger partial charge < -0.3 is 19.3 Å². The summed E-state index contributed by atoms with van der Waals surface area (Å²) in [5.41, 5.74) is 0.782. The molecule has 1 saturated carbocycles. The molecule has 0 spiro atoms. The first-order valence-electron chi connectivity index (χ1n) is 12.8. The van der Waals surface area contributed by atoms with Gasteiger partial charge >= 0.3 is 12.2 Å². The highest BCUT2D eigenvalue weighted by atomic mass is 32.2. The summed E-state index contributed by atoms with van der Waals surface area (Å²) in [4.78, 5) is 30.5. The van der Waals surface area contributed by atoms with E-state index in [1.54, 1.807) is 44.2 Å². The largest absolute Gasteiger partial charge is 0.611 e. The molecule has 2 aromatic rings. The molecule has 2 amide bonds. The molecule has 1 atom stereocenters. The van der Waals surface area contributed by atoms with Crippen molar-refractivity contribution in [1.82, 2.24) is 10.3 Å². The third kappa shape index (κ3) is 8.61. The van der Waals surface area contributed by atoms with Gasteiger partial charge in [0.25, 0.3) is 0 Å². The van der Waals surface area contributed by atoms with Crippen LogP contribution in [-0.4, -0.2) is 44.7 Å². The molecule has 3 rings (SSSR count). The van der Waals surface area contributed by atoms with E-state index >= 15 is 0 Å². The molecule has 0 bridgehead atoms. The Balaban J connectivity index is 1.73. The van der Waals surface area contributed by atoms with Gasteiger partial charge in [0.1, 0.15) is 10.9 Å². The third-order valence-corrected chi connectivity index (χ3v) is 8.62. The number of aromatic nitrogens is 1. The van der Waals surface area contributed by atoms with E-state index in [-0.39, 0.29) is 23.5 Å². The van der Waals surface area contributed by atoms with E-state index in [0.29, 0.717) is 16.5 Å². The highest BCUT2D eigenvalue weighted by Crippen LogP contribution is 2.40. The summed E-state index contributed by atoms with van der Waals surface area (Å²) in [6.45, 7) is 12.9. The van der Waals surface area contributed by atoms with Gasteiger partial charge in [0.05, 0.1) is 16.0 Å². The zero-order valence-electron chi connectivity index (χ0n) is 22.8. The Bertz CT molecular complexity index is 1070. The number of nitrogens with zero attached hydrogens (tertiary/aromatic N) is 1. The summed E-state index contributed by atoms with van der Waals surface area (Å²) in [5.74, 6) is 0.324. The molecule has 0 aliphatic heterocycles. The lowest BCUT2D eigenvalue weighted by Gasteiger charge is -2.28. The summed E-state index contributed by atoms with van der Waals surface area (Å²) in [6.07, 6.45) is 4.42. The number of nitrogens with one attached hydrogen (secondary N) is 2. The maximum absolute atomic E-state index is 13.2. The summed E-state index contributed by atoms with van der Waals surface area (Å²) in [5, 5.41) is 6.67. The molecule has 1 heterocycles. The lowest BCUT2D eigenvalue weighted by Crippen LogP contribution is -2.38. The fourth-order valence-corrected chi connectivity index (χ4v) is 6.48. The SMILES string of the molecule is CC(C)OC(=O)NC1CCC(c2ncc(-c3ccc(NC(=O)OC(C)(C)C)cc3[S+]([O-])C(C)C)s2)CC1. The van der Waals surface area contributed by atoms with Crippen molar-refractivity contribution in [2.45, 2.75) is 108 Å². The Morgan fingerprint density at radius 2 is 1.78 bits per heavy atom. The molecule has 1 fully saturated rings. The second-order valence-corrected chi connectivity index (χ2v) is 13.9. The van der Waals surface area contributed by atoms with Crippen molar-refractivity contribution in [3.05, 3.63) is 29.4 Å². The van der Waals surface area contributed by atoms with Gasteiger partial charge in [0.2, 0.25) is 0 Å². The van der Waals surface area contributed by atoms with Gasteiger partial charge in [-0.15, -0.1) is 11.3 Å². The average molecular weight is 550 g/mol. The Hall–Kier alpha value is -2.30. The number of hydrogen-bond acceptors (Lipinski definition) is 7. The second-order valence-electron chi connectivity index (χ2n) is 10.9. The van der Waals surface area contributed by atoms with E-state index in [1.807, 2.05) is 40.0 Å². The van der Waals surface area contributed by atoms with Crippen LogP contribution in [0.5, 0.6) is 0 Å².